The van der Waals surface area contributed by atoms with E-state index in [4.69, 9.17) is 11.6 Å². The first-order valence-corrected chi connectivity index (χ1v) is 6.91. The molecule has 5 nitrogen and oxygen atoms in total. The maximum absolute atomic E-state index is 11.9. The highest BCUT2D eigenvalue weighted by Crippen LogP contribution is 2.10. The van der Waals surface area contributed by atoms with E-state index >= 15 is 0 Å². The Morgan fingerprint density at radius 2 is 1.95 bits per heavy atom. The van der Waals surface area contributed by atoms with Gasteiger partial charge < -0.3 is 0 Å². The third-order valence-electron chi connectivity index (χ3n) is 2.92. The van der Waals surface area contributed by atoms with Crippen LogP contribution in [0.4, 0.5) is 0 Å². The molecule has 0 aliphatic heterocycles. The molecule has 2 aromatic carbocycles. The molecule has 3 rings (SSSR count). The minimum atomic E-state index is -0.340. The number of halogens is 1. The number of hydrogen-bond donors (Lipinski definition) is 1. The summed E-state index contributed by atoms with van der Waals surface area (Å²) in [6.45, 7) is 0. The molecule has 108 valence electrons. The molecule has 1 N–H and O–H groups in total. The van der Waals surface area contributed by atoms with Crippen LogP contribution in [0.2, 0.25) is 5.02 Å². The molecule has 0 unspecified atom stereocenters. The number of nitrogens with zero attached hydrogens (tertiary/aromatic N) is 3. The van der Waals surface area contributed by atoms with Crippen LogP contribution in [0.25, 0.3) is 11.0 Å². The number of benzene rings is 2. The quantitative estimate of drug-likeness (QED) is 0.597. The van der Waals surface area contributed by atoms with Crippen LogP contribution in [0.15, 0.2) is 59.8 Å². The predicted octanol–water partition coefficient (Wildman–Crippen LogP) is 3.05. The summed E-state index contributed by atoms with van der Waals surface area (Å²) < 4.78 is 0. The van der Waals surface area contributed by atoms with E-state index in [-0.39, 0.29) is 5.91 Å². The fraction of sp³-hybridized carbons (Fsp3) is 0. The van der Waals surface area contributed by atoms with Gasteiger partial charge in [-0.2, -0.15) is 5.10 Å². The van der Waals surface area contributed by atoms with Gasteiger partial charge in [0.2, 0.25) is 0 Å². The number of carbonyl (C=O) groups is 1. The fourth-order valence-electron chi connectivity index (χ4n) is 1.89. The van der Waals surface area contributed by atoms with Crippen molar-refractivity contribution in [2.75, 3.05) is 0 Å². The van der Waals surface area contributed by atoms with Gasteiger partial charge in [-0.1, -0.05) is 29.8 Å². The highest BCUT2D eigenvalue weighted by Gasteiger charge is 2.04. The molecule has 0 aliphatic rings. The minimum Gasteiger partial charge on any atom is -0.267 e. The van der Waals surface area contributed by atoms with Crippen molar-refractivity contribution in [1.82, 2.24) is 15.4 Å². The van der Waals surface area contributed by atoms with E-state index < -0.39 is 0 Å². The number of hydrazone groups is 1. The van der Waals surface area contributed by atoms with Gasteiger partial charge in [0, 0.05) is 10.6 Å². The number of amides is 1. The molecule has 0 spiro atoms. The van der Waals surface area contributed by atoms with Crippen LogP contribution in [0.5, 0.6) is 0 Å². The zero-order valence-electron chi connectivity index (χ0n) is 11.4. The maximum Gasteiger partial charge on any atom is 0.271 e. The molecule has 0 bridgehead atoms. The van der Waals surface area contributed by atoms with E-state index in [1.54, 1.807) is 30.5 Å². The lowest BCUT2D eigenvalue weighted by molar-refractivity contribution is 0.0955. The van der Waals surface area contributed by atoms with Crippen LogP contribution < -0.4 is 5.43 Å². The van der Waals surface area contributed by atoms with Crippen molar-refractivity contribution in [1.29, 1.82) is 0 Å². The molecule has 0 atom stereocenters. The summed E-state index contributed by atoms with van der Waals surface area (Å²) in [5, 5.41) is 4.38. The Labute approximate surface area is 131 Å². The van der Waals surface area contributed by atoms with Crippen molar-refractivity contribution >= 4 is 34.8 Å². The molecule has 0 aliphatic carbocycles. The Bertz CT molecular complexity index is 863. The number of rotatable bonds is 3. The first-order chi connectivity index (χ1) is 10.7. The summed E-state index contributed by atoms with van der Waals surface area (Å²) in [7, 11) is 0. The zero-order chi connectivity index (χ0) is 15.4. The van der Waals surface area contributed by atoms with Crippen molar-refractivity contribution in [2.45, 2.75) is 0 Å². The van der Waals surface area contributed by atoms with Crippen LogP contribution >= 0.6 is 11.6 Å². The van der Waals surface area contributed by atoms with Gasteiger partial charge in [0.1, 0.15) is 5.69 Å². The lowest BCUT2D eigenvalue weighted by Gasteiger charge is -2.00. The number of nitrogens with one attached hydrogen (secondary N) is 1. The van der Waals surface area contributed by atoms with Gasteiger partial charge in [-0.05, 0) is 30.3 Å². The van der Waals surface area contributed by atoms with E-state index in [9.17, 15) is 4.79 Å². The summed E-state index contributed by atoms with van der Waals surface area (Å²) in [6, 6.07) is 14.2. The third-order valence-corrected chi connectivity index (χ3v) is 3.15. The lowest BCUT2D eigenvalue weighted by Crippen LogP contribution is -2.17. The van der Waals surface area contributed by atoms with E-state index in [0.29, 0.717) is 16.3 Å². The second-order valence-corrected chi connectivity index (χ2v) is 4.93. The van der Waals surface area contributed by atoms with Crippen LogP contribution in [-0.2, 0) is 0 Å². The second-order valence-electron chi connectivity index (χ2n) is 4.49. The molecule has 1 heterocycles. The summed E-state index contributed by atoms with van der Waals surface area (Å²) in [5.41, 5.74) is 5.01. The van der Waals surface area contributed by atoms with E-state index in [1.165, 1.54) is 6.21 Å². The fourth-order valence-corrected chi connectivity index (χ4v) is 2.08. The number of fused-ring (bicyclic) bond motifs is 1. The first kappa shape index (κ1) is 14.2. The van der Waals surface area contributed by atoms with E-state index in [0.717, 1.165) is 11.0 Å². The van der Waals surface area contributed by atoms with Crippen LogP contribution in [0, 0.1) is 0 Å². The number of para-hydroxylation sites is 2. The maximum atomic E-state index is 11.9. The molecular weight excluding hydrogens is 300 g/mol. The molecule has 6 heteroatoms. The summed E-state index contributed by atoms with van der Waals surface area (Å²) in [4.78, 5) is 20.5. The van der Waals surface area contributed by atoms with Crippen molar-refractivity contribution in [2.24, 2.45) is 5.10 Å². The topological polar surface area (TPSA) is 67.2 Å². The number of aromatic nitrogens is 2. The molecule has 22 heavy (non-hydrogen) atoms. The molecule has 3 aromatic rings. The normalized spacial score (nSPS) is 11.0. The van der Waals surface area contributed by atoms with Gasteiger partial charge >= 0.3 is 0 Å². The van der Waals surface area contributed by atoms with Crippen LogP contribution in [-0.4, -0.2) is 22.1 Å². The average molecular weight is 311 g/mol. The summed E-state index contributed by atoms with van der Waals surface area (Å²) in [5.74, 6) is -0.340. The Morgan fingerprint density at radius 1 is 1.14 bits per heavy atom. The molecule has 0 fully saturated rings. The monoisotopic (exact) mass is 310 g/mol. The molecule has 1 aromatic heterocycles. The lowest BCUT2D eigenvalue weighted by atomic mass is 10.2. The standard InChI is InChI=1S/C16H11ClN4O/c17-12-5-3-4-11(8-12)16(22)21-19-10-13-9-18-14-6-1-2-7-15(14)20-13/h1-10H,(H,21,22)/b19-10-. The van der Waals surface area contributed by atoms with Crippen molar-refractivity contribution in [3.63, 3.8) is 0 Å². The Kier molecular flexibility index (Phi) is 4.07. The Hall–Kier alpha value is -2.79. The predicted molar refractivity (Wildman–Crippen MR) is 86.1 cm³/mol. The van der Waals surface area contributed by atoms with Crippen molar-refractivity contribution in [3.05, 3.63) is 71.0 Å². The van der Waals surface area contributed by atoms with E-state index in [1.807, 2.05) is 24.3 Å². The molecule has 0 saturated heterocycles. The zero-order valence-corrected chi connectivity index (χ0v) is 12.2. The highest BCUT2D eigenvalue weighted by molar-refractivity contribution is 6.30. The SMILES string of the molecule is O=C(N/N=C\c1cnc2ccccc2n1)c1cccc(Cl)c1. The minimum absolute atomic E-state index is 0.340. The Balaban J connectivity index is 1.72. The van der Waals surface area contributed by atoms with Gasteiger partial charge in [0.05, 0.1) is 23.4 Å². The molecule has 0 radical (unpaired) electrons. The first-order valence-electron chi connectivity index (χ1n) is 6.53. The van der Waals surface area contributed by atoms with Gasteiger partial charge in [-0.25, -0.2) is 10.4 Å². The summed E-state index contributed by atoms with van der Waals surface area (Å²) in [6.07, 6.45) is 3.04. The van der Waals surface area contributed by atoms with Gasteiger partial charge in [0.25, 0.3) is 5.91 Å². The van der Waals surface area contributed by atoms with Crippen LogP contribution in [0.3, 0.4) is 0 Å². The molecule has 0 saturated carbocycles. The third kappa shape index (κ3) is 3.27. The number of hydrogen-bond acceptors (Lipinski definition) is 4. The van der Waals surface area contributed by atoms with Gasteiger partial charge in [-0.3, -0.25) is 9.78 Å². The van der Waals surface area contributed by atoms with Gasteiger partial charge in [-0.15, -0.1) is 0 Å². The largest absolute Gasteiger partial charge is 0.271 e. The van der Waals surface area contributed by atoms with Crippen LogP contribution in [0.1, 0.15) is 16.1 Å². The number of carbonyl (C=O) groups excluding carboxylic acids is 1. The Morgan fingerprint density at radius 3 is 2.77 bits per heavy atom. The molecule has 1 amide bonds. The van der Waals surface area contributed by atoms with E-state index in [2.05, 4.69) is 20.5 Å². The van der Waals surface area contributed by atoms with Gasteiger partial charge in [0.15, 0.2) is 0 Å². The smallest absolute Gasteiger partial charge is 0.267 e. The summed E-state index contributed by atoms with van der Waals surface area (Å²) >= 11 is 5.84. The van der Waals surface area contributed by atoms with Crippen molar-refractivity contribution < 1.29 is 4.79 Å². The second kappa shape index (κ2) is 6.32. The highest BCUT2D eigenvalue weighted by atomic mass is 35.5. The average Bonchev–Trinajstić information content (AvgIpc) is 2.54. The van der Waals surface area contributed by atoms with Crippen molar-refractivity contribution in [3.8, 4) is 0 Å². The molecular formula is C16H11ClN4O.